The molecule has 0 spiro atoms. The highest BCUT2D eigenvalue weighted by atomic mass is 79.9. The molecule has 1 aromatic rings. The van der Waals surface area contributed by atoms with Crippen LogP contribution in [0.5, 0.6) is 0 Å². The Bertz CT molecular complexity index is 540. The van der Waals surface area contributed by atoms with Crippen LogP contribution in [0.15, 0.2) is 22.7 Å². The van der Waals surface area contributed by atoms with Gasteiger partial charge in [-0.05, 0) is 44.7 Å². The molecule has 1 N–H and O–H groups in total. The Morgan fingerprint density at radius 1 is 1.38 bits per heavy atom. The molecule has 2 heterocycles. The lowest BCUT2D eigenvalue weighted by atomic mass is 9.97. The normalized spacial score (nSPS) is 27.6. The summed E-state index contributed by atoms with van der Waals surface area (Å²) >= 11 is 3.33. The molecule has 0 amide bonds. The molecule has 0 saturated carbocycles. The molecule has 2 saturated heterocycles. The van der Waals surface area contributed by atoms with Gasteiger partial charge in [0.05, 0.1) is 4.92 Å². The Morgan fingerprint density at radius 2 is 2.05 bits per heavy atom. The number of hydrogen-bond donors (Lipinski definition) is 1. The highest BCUT2D eigenvalue weighted by molar-refractivity contribution is 9.10. The van der Waals surface area contributed by atoms with Gasteiger partial charge in [-0.2, -0.15) is 0 Å². The molecule has 2 unspecified atom stereocenters. The molecule has 1 aromatic carbocycles. The minimum absolute atomic E-state index is 0.192. The number of benzene rings is 1. The zero-order valence-electron chi connectivity index (χ0n) is 12.1. The van der Waals surface area contributed by atoms with Gasteiger partial charge in [0, 0.05) is 35.2 Å². The van der Waals surface area contributed by atoms with Gasteiger partial charge < -0.3 is 10.2 Å². The van der Waals surface area contributed by atoms with Crippen LogP contribution in [0.3, 0.4) is 0 Å². The van der Waals surface area contributed by atoms with E-state index in [9.17, 15) is 10.1 Å². The van der Waals surface area contributed by atoms with E-state index in [1.807, 2.05) is 12.1 Å². The van der Waals surface area contributed by atoms with Gasteiger partial charge in [-0.25, -0.2) is 0 Å². The van der Waals surface area contributed by atoms with Gasteiger partial charge in [-0.3, -0.25) is 10.1 Å². The van der Waals surface area contributed by atoms with Gasteiger partial charge in [0.1, 0.15) is 5.69 Å². The highest BCUT2D eigenvalue weighted by Gasteiger charge is 2.37. The largest absolute Gasteiger partial charge is 0.363 e. The number of nitrogens with one attached hydrogen (secondary N) is 1. The van der Waals surface area contributed by atoms with Crippen molar-refractivity contribution >= 4 is 27.3 Å². The summed E-state index contributed by atoms with van der Waals surface area (Å²) in [7, 11) is 0. The number of fused-ring (bicyclic) bond motifs is 2. The minimum Gasteiger partial charge on any atom is -0.363 e. The first-order valence-electron chi connectivity index (χ1n) is 7.55. The average molecular weight is 354 g/mol. The molecule has 2 atom stereocenters. The van der Waals surface area contributed by atoms with Crippen LogP contribution in [0.25, 0.3) is 0 Å². The van der Waals surface area contributed by atoms with E-state index < -0.39 is 0 Å². The van der Waals surface area contributed by atoms with Crippen molar-refractivity contribution in [3.05, 3.63) is 32.8 Å². The molecule has 2 aliphatic heterocycles. The zero-order chi connectivity index (χ0) is 15.0. The van der Waals surface area contributed by atoms with Crippen molar-refractivity contribution in [2.24, 2.45) is 0 Å². The monoisotopic (exact) mass is 353 g/mol. The third-order valence-corrected chi connectivity index (χ3v) is 5.17. The molecule has 3 rings (SSSR count). The summed E-state index contributed by atoms with van der Waals surface area (Å²) < 4.78 is 0.749. The quantitative estimate of drug-likeness (QED) is 0.665. The van der Waals surface area contributed by atoms with Crippen molar-refractivity contribution in [1.29, 1.82) is 0 Å². The molecule has 5 nitrogen and oxygen atoms in total. The van der Waals surface area contributed by atoms with Gasteiger partial charge in [-0.15, -0.1) is 0 Å². The number of hydrogen-bond acceptors (Lipinski definition) is 4. The van der Waals surface area contributed by atoms with Crippen LogP contribution >= 0.6 is 15.9 Å². The van der Waals surface area contributed by atoms with Gasteiger partial charge >= 0.3 is 0 Å². The van der Waals surface area contributed by atoms with E-state index in [2.05, 4.69) is 33.1 Å². The molecule has 21 heavy (non-hydrogen) atoms. The van der Waals surface area contributed by atoms with Crippen LogP contribution in [-0.2, 0) is 0 Å². The lowest BCUT2D eigenvalue weighted by Gasteiger charge is -2.38. The predicted molar refractivity (Wildman–Crippen MR) is 86.8 cm³/mol. The van der Waals surface area contributed by atoms with E-state index in [4.69, 9.17) is 0 Å². The fourth-order valence-corrected chi connectivity index (χ4v) is 4.14. The van der Waals surface area contributed by atoms with Crippen LogP contribution in [0.2, 0.25) is 0 Å². The number of piperidine rings is 1. The molecular formula is C15H20BrN3O2. The molecule has 2 bridgehead atoms. The van der Waals surface area contributed by atoms with Crippen molar-refractivity contribution in [1.82, 2.24) is 5.32 Å². The molecule has 2 aliphatic rings. The zero-order valence-corrected chi connectivity index (χ0v) is 13.7. The molecule has 2 fully saturated rings. The summed E-state index contributed by atoms with van der Waals surface area (Å²) in [6.07, 6.45) is 4.64. The molecule has 0 aromatic heterocycles. The SMILES string of the molecule is CCN(c1ccc(Br)cc1[N+](=O)[O-])C1CC2CCC(C1)N2. The molecule has 6 heteroatoms. The number of halogens is 1. The minimum atomic E-state index is -0.279. The predicted octanol–water partition coefficient (Wildman–Crippen LogP) is 3.47. The maximum atomic E-state index is 11.4. The van der Waals surface area contributed by atoms with E-state index in [1.165, 1.54) is 12.8 Å². The fourth-order valence-electron chi connectivity index (χ4n) is 3.79. The van der Waals surface area contributed by atoms with Crippen molar-refractivity contribution in [2.75, 3.05) is 11.4 Å². The second-order valence-electron chi connectivity index (χ2n) is 5.94. The topological polar surface area (TPSA) is 58.4 Å². The summed E-state index contributed by atoms with van der Waals surface area (Å²) in [6.45, 7) is 2.88. The maximum absolute atomic E-state index is 11.4. The summed E-state index contributed by atoms with van der Waals surface area (Å²) in [5.74, 6) is 0. The smallest absolute Gasteiger partial charge is 0.293 e. The molecule has 114 valence electrons. The Kier molecular flexibility index (Phi) is 4.17. The number of nitrogens with zero attached hydrogens (tertiary/aromatic N) is 2. The lowest BCUT2D eigenvalue weighted by molar-refractivity contribution is -0.384. The van der Waals surface area contributed by atoms with Crippen LogP contribution in [0.4, 0.5) is 11.4 Å². The summed E-state index contributed by atoms with van der Waals surface area (Å²) in [4.78, 5) is 13.3. The Balaban J connectivity index is 1.91. The Hall–Kier alpha value is -1.14. The van der Waals surface area contributed by atoms with Gasteiger partial charge in [0.25, 0.3) is 5.69 Å². The van der Waals surface area contributed by atoms with Gasteiger partial charge in [0.15, 0.2) is 0 Å². The van der Waals surface area contributed by atoms with Crippen LogP contribution < -0.4 is 10.2 Å². The third-order valence-electron chi connectivity index (χ3n) is 4.67. The molecule has 0 aliphatic carbocycles. The van der Waals surface area contributed by atoms with Gasteiger partial charge in [0.2, 0.25) is 0 Å². The molecule has 0 radical (unpaired) electrons. The van der Waals surface area contributed by atoms with E-state index in [0.29, 0.717) is 18.1 Å². The maximum Gasteiger partial charge on any atom is 0.293 e. The standard InChI is InChI=1S/C15H20BrN3O2/c1-2-18(13-8-11-4-5-12(9-13)17-11)14-6-3-10(16)7-15(14)19(20)21/h3,6-7,11-13,17H,2,4-5,8-9H2,1H3. The first-order chi connectivity index (χ1) is 10.1. The summed E-state index contributed by atoms with van der Waals surface area (Å²) in [6, 6.07) is 6.92. The van der Waals surface area contributed by atoms with E-state index in [0.717, 1.165) is 29.5 Å². The number of anilines is 1. The summed E-state index contributed by atoms with van der Waals surface area (Å²) in [5, 5.41) is 15.0. The number of rotatable bonds is 4. The third kappa shape index (κ3) is 2.92. The highest BCUT2D eigenvalue weighted by Crippen LogP contribution is 2.37. The first kappa shape index (κ1) is 14.8. The van der Waals surface area contributed by atoms with E-state index in [-0.39, 0.29) is 10.6 Å². The van der Waals surface area contributed by atoms with E-state index >= 15 is 0 Å². The lowest BCUT2D eigenvalue weighted by Crippen LogP contribution is -2.48. The fraction of sp³-hybridized carbons (Fsp3) is 0.600. The van der Waals surface area contributed by atoms with Gasteiger partial charge in [-0.1, -0.05) is 15.9 Å². The Morgan fingerprint density at radius 3 is 2.62 bits per heavy atom. The van der Waals surface area contributed by atoms with Crippen molar-refractivity contribution in [3.8, 4) is 0 Å². The number of nitro groups is 1. The van der Waals surface area contributed by atoms with Crippen molar-refractivity contribution < 1.29 is 4.92 Å². The van der Waals surface area contributed by atoms with Crippen LogP contribution in [0, 0.1) is 10.1 Å². The first-order valence-corrected chi connectivity index (χ1v) is 8.34. The Labute approximate surface area is 133 Å². The van der Waals surface area contributed by atoms with E-state index in [1.54, 1.807) is 6.07 Å². The van der Waals surface area contributed by atoms with Crippen LogP contribution in [-0.4, -0.2) is 29.6 Å². The van der Waals surface area contributed by atoms with Crippen molar-refractivity contribution in [2.45, 2.75) is 50.7 Å². The number of nitro benzene ring substituents is 1. The molecular weight excluding hydrogens is 334 g/mol. The van der Waals surface area contributed by atoms with Crippen molar-refractivity contribution in [3.63, 3.8) is 0 Å². The average Bonchev–Trinajstić information content (AvgIpc) is 2.80. The van der Waals surface area contributed by atoms with Crippen LogP contribution in [0.1, 0.15) is 32.6 Å². The second kappa shape index (κ2) is 5.93. The second-order valence-corrected chi connectivity index (χ2v) is 6.85. The summed E-state index contributed by atoms with van der Waals surface area (Å²) in [5.41, 5.74) is 0.939.